The molecule has 2 aromatic heterocycles. The van der Waals surface area contributed by atoms with E-state index in [4.69, 9.17) is 35.2 Å². The van der Waals surface area contributed by atoms with Gasteiger partial charge in [-0.3, -0.25) is 9.13 Å². The Bertz CT molecular complexity index is 1440. The average Bonchev–Trinajstić information content (AvgIpc) is 3.57. The Morgan fingerprint density at radius 2 is 2.03 bits per heavy atom. The molecule has 0 radical (unpaired) electrons. The van der Waals surface area contributed by atoms with Gasteiger partial charge >= 0.3 is 15.2 Å². The smallest absolute Gasteiger partial charge is 0.342 e. The molecule has 0 saturated carbocycles. The summed E-state index contributed by atoms with van der Waals surface area (Å²) in [6, 6.07) is 8.31. The van der Waals surface area contributed by atoms with Crippen molar-refractivity contribution >= 4 is 43.8 Å². The Labute approximate surface area is 222 Å². The van der Waals surface area contributed by atoms with E-state index in [2.05, 4.69) is 32.4 Å². The summed E-state index contributed by atoms with van der Waals surface area (Å²) in [6.07, 6.45) is -0.932. The first-order valence-corrected chi connectivity index (χ1v) is 15.6. The van der Waals surface area contributed by atoms with Crippen molar-refractivity contribution in [3.8, 4) is 0 Å². The highest BCUT2D eigenvalue weighted by Crippen LogP contribution is 2.58. The predicted octanol–water partition coefficient (Wildman–Crippen LogP) is 2.64. The third-order valence-electron chi connectivity index (χ3n) is 6.73. The van der Waals surface area contributed by atoms with Crippen molar-refractivity contribution in [2.45, 2.75) is 43.7 Å². The third kappa shape index (κ3) is 5.51. The summed E-state index contributed by atoms with van der Waals surface area (Å²) in [5, 5.41) is 19.0. The maximum absolute atomic E-state index is 12.5. The first-order chi connectivity index (χ1) is 18.0. The summed E-state index contributed by atoms with van der Waals surface area (Å²) >= 11 is 6.30. The van der Waals surface area contributed by atoms with Crippen LogP contribution >= 0.6 is 26.8 Å². The molecule has 5 rings (SSSR count). The molecule has 5 atom stereocenters. The topological polar surface area (TPSA) is 182 Å². The fraction of sp³-hybridized carbons (Fsp3) is 0.524. The van der Waals surface area contributed by atoms with E-state index in [9.17, 15) is 14.2 Å². The van der Waals surface area contributed by atoms with Crippen LogP contribution in [0.3, 0.4) is 0 Å². The molecular formula is C21H27ClN6O8P2. The van der Waals surface area contributed by atoms with Gasteiger partial charge in [0.1, 0.15) is 6.10 Å². The van der Waals surface area contributed by atoms with Gasteiger partial charge in [-0.05, 0) is 35.6 Å². The number of anilines is 1. The highest BCUT2D eigenvalue weighted by molar-refractivity contribution is 7.70. The molecule has 38 heavy (non-hydrogen) atoms. The standard InChI is InChI=1S/C21H27ClN6O8P2/c1-27(14-8-7-12-5-3-4-6-13(12)14)19-18-20(24-21(22)23-19)28(26-25-18)17-9-15(29)16(36-17)10-35-38(33,34-2)11-37(30,31)32/h3-6,14-17,29H,7-11H2,1-2H3,(H2,30,31,32)/t14-,15-,16+,17+,38?/m0/s1. The lowest BCUT2D eigenvalue weighted by molar-refractivity contribution is -0.0444. The summed E-state index contributed by atoms with van der Waals surface area (Å²) in [5.74, 6) is -0.585. The van der Waals surface area contributed by atoms with Crippen molar-refractivity contribution in [2.24, 2.45) is 0 Å². The van der Waals surface area contributed by atoms with Gasteiger partial charge in [0.05, 0.1) is 18.8 Å². The zero-order chi connectivity index (χ0) is 27.2. The van der Waals surface area contributed by atoms with E-state index in [1.807, 2.05) is 24.1 Å². The van der Waals surface area contributed by atoms with E-state index in [1.165, 1.54) is 15.8 Å². The molecule has 1 aliphatic carbocycles. The number of hydrogen-bond donors (Lipinski definition) is 3. The summed E-state index contributed by atoms with van der Waals surface area (Å²) < 4.78 is 41.0. The van der Waals surface area contributed by atoms with Crippen LogP contribution in [0, 0.1) is 0 Å². The second kappa shape index (κ2) is 10.5. The molecule has 3 heterocycles. The number of hydrogen-bond acceptors (Lipinski definition) is 11. The summed E-state index contributed by atoms with van der Waals surface area (Å²) in [4.78, 5) is 29.0. The van der Waals surface area contributed by atoms with Gasteiger partial charge in [0, 0.05) is 20.6 Å². The van der Waals surface area contributed by atoms with Crippen LogP contribution in [0.2, 0.25) is 5.28 Å². The van der Waals surface area contributed by atoms with Gasteiger partial charge in [0.25, 0.3) is 0 Å². The van der Waals surface area contributed by atoms with Crippen LogP contribution in [-0.4, -0.2) is 78.7 Å². The minimum absolute atomic E-state index is 0.00826. The number of fused-ring (bicyclic) bond motifs is 2. The van der Waals surface area contributed by atoms with Gasteiger partial charge in [-0.15, -0.1) is 5.10 Å². The molecule has 17 heteroatoms. The number of halogens is 1. The zero-order valence-electron chi connectivity index (χ0n) is 20.5. The highest BCUT2D eigenvalue weighted by Gasteiger charge is 2.40. The lowest BCUT2D eigenvalue weighted by Gasteiger charge is -2.26. The Hall–Kier alpha value is -1.99. The zero-order valence-corrected chi connectivity index (χ0v) is 23.0. The number of aliphatic hydroxyl groups excluding tert-OH is 1. The van der Waals surface area contributed by atoms with Crippen LogP contribution in [0.15, 0.2) is 24.3 Å². The van der Waals surface area contributed by atoms with Gasteiger partial charge < -0.3 is 33.6 Å². The highest BCUT2D eigenvalue weighted by atomic mass is 35.5. The number of aliphatic hydroxyl groups is 1. The minimum Gasteiger partial charge on any atom is -0.390 e. The molecule has 0 bridgehead atoms. The van der Waals surface area contributed by atoms with E-state index in [1.54, 1.807) is 0 Å². The predicted molar refractivity (Wildman–Crippen MR) is 136 cm³/mol. The Balaban J connectivity index is 1.36. The fourth-order valence-electron chi connectivity index (χ4n) is 4.89. The number of rotatable bonds is 9. The first-order valence-electron chi connectivity index (χ1n) is 11.7. The van der Waals surface area contributed by atoms with E-state index in [-0.39, 0.29) is 17.7 Å². The number of aromatic nitrogens is 5. The van der Waals surface area contributed by atoms with Crippen molar-refractivity contribution in [3.63, 3.8) is 0 Å². The molecule has 14 nitrogen and oxygen atoms in total. The van der Waals surface area contributed by atoms with Gasteiger partial charge in [0.15, 0.2) is 29.1 Å². The maximum Gasteiger partial charge on any atom is 0.342 e. The molecule has 0 amide bonds. The number of benzene rings is 1. The van der Waals surface area contributed by atoms with Crippen LogP contribution in [0.1, 0.15) is 36.2 Å². The lowest BCUT2D eigenvalue weighted by atomic mass is 10.1. The minimum atomic E-state index is -4.67. The van der Waals surface area contributed by atoms with Gasteiger partial charge in [-0.25, -0.2) is 0 Å². The fourth-order valence-corrected chi connectivity index (χ4v) is 8.13. The largest absolute Gasteiger partial charge is 0.390 e. The molecule has 0 spiro atoms. The van der Waals surface area contributed by atoms with Crippen molar-refractivity contribution in [1.82, 2.24) is 25.0 Å². The van der Waals surface area contributed by atoms with E-state index < -0.39 is 46.1 Å². The van der Waals surface area contributed by atoms with E-state index >= 15 is 0 Å². The van der Waals surface area contributed by atoms with Gasteiger partial charge in [-0.2, -0.15) is 14.6 Å². The molecule has 206 valence electrons. The van der Waals surface area contributed by atoms with Crippen LogP contribution in [0.4, 0.5) is 5.82 Å². The number of ether oxygens (including phenoxy) is 1. The van der Waals surface area contributed by atoms with E-state index in [0.717, 1.165) is 20.0 Å². The van der Waals surface area contributed by atoms with Crippen LogP contribution in [0.5, 0.6) is 0 Å². The van der Waals surface area contributed by atoms with Crippen molar-refractivity contribution < 1.29 is 37.8 Å². The molecular weight excluding hydrogens is 562 g/mol. The SMILES string of the molecule is COP(=O)(CP(=O)(O)O)OC[C@H]1O[C@@H](n2nnc3c(N(C)[C@H]4CCc5ccccc54)nc(Cl)nc32)C[C@@H]1O. The third-order valence-corrected chi connectivity index (χ3v) is 10.9. The lowest BCUT2D eigenvalue weighted by Crippen LogP contribution is -2.26. The Morgan fingerprint density at radius 1 is 1.26 bits per heavy atom. The van der Waals surface area contributed by atoms with Gasteiger partial charge in [-0.1, -0.05) is 29.5 Å². The molecule has 1 aromatic carbocycles. The second-order valence-electron chi connectivity index (χ2n) is 9.21. The van der Waals surface area contributed by atoms with Crippen molar-refractivity contribution in [3.05, 3.63) is 40.7 Å². The summed E-state index contributed by atoms with van der Waals surface area (Å²) in [7, 11) is -5.84. The molecule has 1 saturated heterocycles. The Kier molecular flexibility index (Phi) is 7.64. The molecule has 3 N–H and O–H groups in total. The monoisotopic (exact) mass is 588 g/mol. The molecule has 2 aliphatic rings. The molecule has 1 fully saturated rings. The van der Waals surface area contributed by atoms with Crippen LogP contribution in [0.25, 0.3) is 11.2 Å². The number of aryl methyl sites for hydroxylation is 1. The maximum atomic E-state index is 12.5. The van der Waals surface area contributed by atoms with Crippen LogP contribution in [-0.2, 0) is 29.3 Å². The average molecular weight is 589 g/mol. The number of nitrogens with zero attached hydrogens (tertiary/aromatic N) is 6. The van der Waals surface area contributed by atoms with Crippen molar-refractivity contribution in [2.75, 3.05) is 31.6 Å². The Morgan fingerprint density at radius 3 is 2.76 bits per heavy atom. The first kappa shape index (κ1) is 27.6. The van der Waals surface area contributed by atoms with Crippen molar-refractivity contribution in [1.29, 1.82) is 0 Å². The summed E-state index contributed by atoms with van der Waals surface area (Å²) in [5.41, 5.74) is 3.21. The quantitative estimate of drug-likeness (QED) is 0.245. The van der Waals surface area contributed by atoms with Crippen LogP contribution < -0.4 is 4.90 Å². The normalized spacial score (nSPS) is 25.0. The van der Waals surface area contributed by atoms with E-state index in [0.29, 0.717) is 17.0 Å². The molecule has 3 aromatic rings. The molecule has 1 aliphatic heterocycles. The molecule has 1 unspecified atom stereocenters. The second-order valence-corrected chi connectivity index (χ2v) is 13.9. The summed E-state index contributed by atoms with van der Waals surface area (Å²) in [6.45, 7) is -0.430. The van der Waals surface area contributed by atoms with Gasteiger partial charge in [0.2, 0.25) is 5.28 Å².